The van der Waals surface area contributed by atoms with Crippen molar-refractivity contribution in [3.63, 3.8) is 0 Å². The zero-order valence-corrected chi connectivity index (χ0v) is 17.3. The molecule has 1 aliphatic heterocycles. The highest BCUT2D eigenvalue weighted by Gasteiger charge is 2.35. The molecular formula is C23H24F4N4O. The van der Waals surface area contributed by atoms with E-state index in [2.05, 4.69) is 27.5 Å². The molecule has 1 saturated heterocycles. The molecule has 4 rings (SSSR count). The van der Waals surface area contributed by atoms with E-state index in [9.17, 15) is 22.4 Å². The number of pyridine rings is 1. The van der Waals surface area contributed by atoms with Gasteiger partial charge in [-0.2, -0.15) is 13.2 Å². The summed E-state index contributed by atoms with van der Waals surface area (Å²) in [6, 6.07) is 6.02. The fourth-order valence-corrected chi connectivity index (χ4v) is 3.69. The molecule has 2 unspecified atom stereocenters. The number of hydrogen-bond donors (Lipinski definition) is 3. The Balaban J connectivity index is 1.68. The summed E-state index contributed by atoms with van der Waals surface area (Å²) in [5.41, 5.74) is -0.521. The summed E-state index contributed by atoms with van der Waals surface area (Å²) in [6.07, 6.45) is -0.780. The van der Waals surface area contributed by atoms with Crippen LogP contribution in [-0.2, 0) is 4.79 Å². The van der Waals surface area contributed by atoms with Crippen LogP contribution in [0.1, 0.15) is 24.2 Å². The van der Waals surface area contributed by atoms with Crippen molar-refractivity contribution in [3.05, 3.63) is 48.3 Å². The van der Waals surface area contributed by atoms with Gasteiger partial charge in [-0.05, 0) is 31.1 Å². The smallest absolute Gasteiger partial charge is 0.378 e. The largest absolute Gasteiger partial charge is 0.417 e. The molecule has 9 heteroatoms. The van der Waals surface area contributed by atoms with Crippen LogP contribution in [0.4, 0.5) is 23.2 Å². The number of hydrogen-bond acceptors (Lipinski definition) is 4. The van der Waals surface area contributed by atoms with E-state index < -0.39 is 24.0 Å². The molecule has 2 fully saturated rings. The first-order valence-corrected chi connectivity index (χ1v) is 10.5. The number of anilines is 1. The Morgan fingerprint density at radius 2 is 2.03 bits per heavy atom. The quantitative estimate of drug-likeness (QED) is 0.559. The summed E-state index contributed by atoms with van der Waals surface area (Å²) >= 11 is 0. The third kappa shape index (κ3) is 4.93. The van der Waals surface area contributed by atoms with E-state index in [-0.39, 0.29) is 41.7 Å². The van der Waals surface area contributed by atoms with Gasteiger partial charge in [0.05, 0.1) is 23.0 Å². The molecule has 1 saturated carbocycles. The molecule has 1 aromatic heterocycles. The molecule has 1 aromatic carbocycles. The molecule has 1 aliphatic carbocycles. The Morgan fingerprint density at radius 3 is 2.69 bits per heavy atom. The number of amides is 1. The average Bonchev–Trinajstić information content (AvgIpc) is 3.53. The van der Waals surface area contributed by atoms with Crippen LogP contribution in [0.5, 0.6) is 0 Å². The Labute approximate surface area is 183 Å². The van der Waals surface area contributed by atoms with Gasteiger partial charge in [0.1, 0.15) is 6.17 Å². The lowest BCUT2D eigenvalue weighted by molar-refractivity contribution is -0.122. The standard InChI is InChI=1S/C23H24F4N4O/c1-13(23(25,26)27)21-16-5-2-6-19(31-20-12-28-11-18(20)24)17(16)10-15(30-21)4-3-9-29-22(32)14-7-8-14/h2-6,10,14,18,20,28,31H,1,7-9,11-12H2,(H,29,32)/b4-3+. The van der Waals surface area contributed by atoms with Gasteiger partial charge in [0.15, 0.2) is 0 Å². The molecular weight excluding hydrogens is 424 g/mol. The van der Waals surface area contributed by atoms with Gasteiger partial charge < -0.3 is 16.0 Å². The number of fused-ring (bicyclic) bond motifs is 1. The number of aromatic nitrogens is 1. The number of halogens is 4. The summed E-state index contributed by atoms with van der Waals surface area (Å²) in [4.78, 5) is 15.9. The fraction of sp³-hybridized carbons (Fsp3) is 0.391. The Bertz CT molecular complexity index is 1060. The van der Waals surface area contributed by atoms with Crippen LogP contribution in [0, 0.1) is 5.92 Å². The average molecular weight is 448 g/mol. The molecule has 2 aromatic rings. The van der Waals surface area contributed by atoms with Crippen molar-refractivity contribution in [1.29, 1.82) is 0 Å². The SMILES string of the molecule is C=C(c1nc(/C=C/CNC(=O)C2CC2)cc2c(NC3CNCC3F)cccc12)C(F)(F)F. The second-order valence-corrected chi connectivity index (χ2v) is 8.12. The molecule has 2 heterocycles. The van der Waals surface area contributed by atoms with E-state index in [0.29, 0.717) is 17.6 Å². The molecule has 2 aliphatic rings. The van der Waals surface area contributed by atoms with Crippen molar-refractivity contribution < 1.29 is 22.4 Å². The highest BCUT2D eigenvalue weighted by Crippen LogP contribution is 2.37. The summed E-state index contributed by atoms with van der Waals surface area (Å²) in [5.74, 6) is 0.0478. The number of nitrogens with zero attached hydrogens (tertiary/aromatic N) is 1. The third-order valence-electron chi connectivity index (χ3n) is 5.63. The van der Waals surface area contributed by atoms with E-state index in [1.54, 1.807) is 36.4 Å². The zero-order chi connectivity index (χ0) is 22.9. The second-order valence-electron chi connectivity index (χ2n) is 8.12. The van der Waals surface area contributed by atoms with Crippen molar-refractivity contribution in [3.8, 4) is 0 Å². The molecule has 5 nitrogen and oxygen atoms in total. The van der Waals surface area contributed by atoms with Gasteiger partial charge >= 0.3 is 6.18 Å². The van der Waals surface area contributed by atoms with Gasteiger partial charge in [-0.15, -0.1) is 0 Å². The van der Waals surface area contributed by atoms with Crippen LogP contribution in [0.15, 0.2) is 36.9 Å². The second kappa shape index (κ2) is 8.90. The zero-order valence-electron chi connectivity index (χ0n) is 17.3. The molecule has 1 amide bonds. The summed E-state index contributed by atoms with van der Waals surface area (Å²) in [6.45, 7) is 4.11. The third-order valence-corrected chi connectivity index (χ3v) is 5.63. The predicted molar refractivity (Wildman–Crippen MR) is 117 cm³/mol. The van der Waals surface area contributed by atoms with E-state index in [0.717, 1.165) is 12.8 Å². The Hall–Kier alpha value is -2.94. The Kier molecular flexibility index (Phi) is 6.19. The minimum Gasteiger partial charge on any atom is -0.378 e. The van der Waals surface area contributed by atoms with Crippen LogP contribution in [-0.4, -0.2) is 48.9 Å². The van der Waals surface area contributed by atoms with Crippen molar-refractivity contribution in [2.24, 2.45) is 5.92 Å². The van der Waals surface area contributed by atoms with Gasteiger partial charge in [-0.25, -0.2) is 9.37 Å². The van der Waals surface area contributed by atoms with E-state index in [1.807, 2.05) is 0 Å². The van der Waals surface area contributed by atoms with Crippen LogP contribution in [0.25, 0.3) is 22.4 Å². The lowest BCUT2D eigenvalue weighted by Gasteiger charge is -2.19. The van der Waals surface area contributed by atoms with Crippen molar-refractivity contribution in [1.82, 2.24) is 15.6 Å². The van der Waals surface area contributed by atoms with E-state index >= 15 is 0 Å². The molecule has 2 atom stereocenters. The lowest BCUT2D eigenvalue weighted by atomic mass is 10.0. The van der Waals surface area contributed by atoms with Gasteiger partial charge in [-0.1, -0.05) is 24.8 Å². The molecule has 170 valence electrons. The molecule has 0 radical (unpaired) electrons. The fourth-order valence-electron chi connectivity index (χ4n) is 3.69. The van der Waals surface area contributed by atoms with Crippen molar-refractivity contribution >= 4 is 34.0 Å². The van der Waals surface area contributed by atoms with Crippen LogP contribution in [0.3, 0.4) is 0 Å². The first-order valence-electron chi connectivity index (χ1n) is 10.5. The number of alkyl halides is 4. The molecule has 0 spiro atoms. The number of rotatable bonds is 7. The number of carbonyl (C=O) groups is 1. The normalized spacial score (nSPS) is 21.2. The predicted octanol–water partition coefficient (Wildman–Crippen LogP) is 4.07. The molecule has 3 N–H and O–H groups in total. The van der Waals surface area contributed by atoms with E-state index in [1.165, 1.54) is 0 Å². The number of carbonyl (C=O) groups excluding carboxylic acids is 1. The first kappa shape index (κ1) is 22.3. The minimum absolute atomic E-state index is 0.0234. The highest BCUT2D eigenvalue weighted by atomic mass is 19.4. The number of allylic oxidation sites excluding steroid dienone is 1. The maximum absolute atomic E-state index is 14.1. The Morgan fingerprint density at radius 1 is 1.25 bits per heavy atom. The highest BCUT2D eigenvalue weighted by molar-refractivity contribution is 6.00. The van der Waals surface area contributed by atoms with Crippen molar-refractivity contribution in [2.75, 3.05) is 25.0 Å². The van der Waals surface area contributed by atoms with Gasteiger partial charge in [0, 0.05) is 42.0 Å². The number of benzene rings is 1. The topological polar surface area (TPSA) is 66.0 Å². The molecule has 0 bridgehead atoms. The lowest BCUT2D eigenvalue weighted by Crippen LogP contribution is -2.29. The maximum atomic E-state index is 14.1. The van der Waals surface area contributed by atoms with Crippen LogP contribution < -0.4 is 16.0 Å². The minimum atomic E-state index is -4.65. The summed E-state index contributed by atoms with van der Waals surface area (Å²) < 4.78 is 54.5. The van der Waals surface area contributed by atoms with Gasteiger partial charge in [-0.3, -0.25) is 4.79 Å². The van der Waals surface area contributed by atoms with Crippen molar-refractivity contribution in [2.45, 2.75) is 31.2 Å². The summed E-state index contributed by atoms with van der Waals surface area (Å²) in [5, 5.41) is 9.59. The van der Waals surface area contributed by atoms with Gasteiger partial charge in [0.25, 0.3) is 0 Å². The monoisotopic (exact) mass is 448 g/mol. The first-order chi connectivity index (χ1) is 15.2. The van der Waals surface area contributed by atoms with Gasteiger partial charge in [0.2, 0.25) is 5.91 Å². The van der Waals surface area contributed by atoms with Crippen LogP contribution >= 0.6 is 0 Å². The maximum Gasteiger partial charge on any atom is 0.417 e. The molecule has 32 heavy (non-hydrogen) atoms. The van der Waals surface area contributed by atoms with E-state index in [4.69, 9.17) is 0 Å². The van der Waals surface area contributed by atoms with Crippen LogP contribution in [0.2, 0.25) is 0 Å². The number of nitrogens with one attached hydrogen (secondary N) is 3. The summed E-state index contributed by atoms with van der Waals surface area (Å²) in [7, 11) is 0.